The van der Waals surface area contributed by atoms with Gasteiger partial charge in [-0.25, -0.2) is 13.5 Å². The highest BCUT2D eigenvalue weighted by molar-refractivity contribution is 7.98. The van der Waals surface area contributed by atoms with Crippen LogP contribution in [0.1, 0.15) is 36.4 Å². The Labute approximate surface area is 209 Å². The highest BCUT2D eigenvalue weighted by Crippen LogP contribution is 2.46. The number of rotatable bonds is 8. The van der Waals surface area contributed by atoms with Gasteiger partial charge in [0.1, 0.15) is 6.54 Å². The normalized spacial score (nSPS) is 19.9. The number of H-pyrrole nitrogens is 1. The number of aromatic nitrogens is 2. The predicted molar refractivity (Wildman–Crippen MR) is 129 cm³/mol. The van der Waals surface area contributed by atoms with Crippen molar-refractivity contribution in [1.82, 2.24) is 9.78 Å². The van der Waals surface area contributed by atoms with E-state index in [0.29, 0.717) is 10.2 Å². The minimum atomic E-state index is -4.62. The lowest BCUT2D eigenvalue weighted by atomic mass is 9.75. The van der Waals surface area contributed by atoms with Gasteiger partial charge in [0.25, 0.3) is 5.56 Å². The molecule has 3 aromatic rings. The van der Waals surface area contributed by atoms with Crippen molar-refractivity contribution in [2.75, 3.05) is 12.9 Å². The molecule has 1 N–H and O–H groups in total. The van der Waals surface area contributed by atoms with Crippen molar-refractivity contribution in [2.24, 2.45) is 5.92 Å². The van der Waals surface area contributed by atoms with Gasteiger partial charge >= 0.3 is 6.18 Å². The van der Waals surface area contributed by atoms with E-state index in [9.17, 15) is 26.7 Å². The predicted octanol–water partition coefficient (Wildman–Crippen LogP) is 6.86. The zero-order valence-corrected chi connectivity index (χ0v) is 20.5. The number of hydrogen-bond acceptors (Lipinski definition) is 3. The van der Waals surface area contributed by atoms with E-state index in [4.69, 9.17) is 4.74 Å². The molecule has 2 aromatic carbocycles. The molecule has 1 fully saturated rings. The second-order valence-electron chi connectivity index (χ2n) is 9.10. The third-order valence-electron chi connectivity index (χ3n) is 6.47. The van der Waals surface area contributed by atoms with Crippen LogP contribution in [0, 0.1) is 5.92 Å². The Morgan fingerprint density at radius 3 is 2.44 bits per heavy atom. The fourth-order valence-electron chi connectivity index (χ4n) is 4.79. The summed E-state index contributed by atoms with van der Waals surface area (Å²) in [7, 11) is 0. The van der Waals surface area contributed by atoms with Gasteiger partial charge in [-0.1, -0.05) is 42.5 Å². The lowest BCUT2D eigenvalue weighted by Crippen LogP contribution is -2.34. The molecule has 2 atom stereocenters. The van der Waals surface area contributed by atoms with E-state index in [0.717, 1.165) is 10.5 Å². The zero-order valence-electron chi connectivity index (χ0n) is 19.7. The van der Waals surface area contributed by atoms with Crippen LogP contribution in [-0.4, -0.2) is 34.7 Å². The molecule has 0 spiro atoms. The summed E-state index contributed by atoms with van der Waals surface area (Å²) >= 11 is 1.49. The van der Waals surface area contributed by atoms with Crippen LogP contribution in [0.4, 0.5) is 22.0 Å². The van der Waals surface area contributed by atoms with E-state index >= 15 is 0 Å². The molecule has 194 valence electrons. The summed E-state index contributed by atoms with van der Waals surface area (Å²) in [4.78, 5) is 14.1. The van der Waals surface area contributed by atoms with Gasteiger partial charge in [0.2, 0.25) is 5.92 Å². The quantitative estimate of drug-likeness (QED) is 0.258. The molecule has 0 radical (unpaired) electrons. The molecule has 1 heterocycles. The molecule has 10 heteroatoms. The number of hydrogen-bond donors (Lipinski definition) is 1. The van der Waals surface area contributed by atoms with Crippen LogP contribution in [0.15, 0.2) is 64.3 Å². The molecule has 1 saturated carbocycles. The molecular formula is C26H27F5N2O2S. The van der Waals surface area contributed by atoms with E-state index in [1.807, 2.05) is 36.6 Å². The molecule has 0 amide bonds. The Hall–Kier alpha value is -2.59. The maximum atomic E-state index is 14.4. The first-order chi connectivity index (χ1) is 17.1. The Morgan fingerprint density at radius 1 is 1.11 bits per heavy atom. The van der Waals surface area contributed by atoms with Gasteiger partial charge in [-0.3, -0.25) is 9.89 Å². The van der Waals surface area contributed by atoms with E-state index in [-0.39, 0.29) is 30.9 Å². The topological polar surface area (TPSA) is 47.0 Å². The number of nitrogens with one attached hydrogen (secondary N) is 1. The minimum Gasteiger partial charge on any atom is -0.376 e. The number of ether oxygens (including phenoxy) is 1. The molecular weight excluding hydrogens is 499 g/mol. The van der Waals surface area contributed by atoms with Crippen LogP contribution in [-0.2, 0) is 17.9 Å². The number of halogens is 5. The molecule has 0 saturated heterocycles. The summed E-state index contributed by atoms with van der Waals surface area (Å²) < 4.78 is 74.8. The number of thioether (sulfide) groups is 1. The molecule has 36 heavy (non-hydrogen) atoms. The summed E-state index contributed by atoms with van der Waals surface area (Å²) in [6.45, 7) is -1.27. The maximum absolute atomic E-state index is 14.4. The maximum Gasteiger partial charge on any atom is 0.408 e. The fourth-order valence-corrected chi connectivity index (χ4v) is 5.19. The van der Waals surface area contributed by atoms with E-state index < -0.39 is 48.9 Å². The van der Waals surface area contributed by atoms with Crippen LogP contribution in [0.5, 0.6) is 0 Å². The van der Waals surface area contributed by atoms with Crippen LogP contribution in [0.25, 0.3) is 11.1 Å². The van der Waals surface area contributed by atoms with Crippen molar-refractivity contribution in [3.63, 3.8) is 0 Å². The van der Waals surface area contributed by atoms with Crippen molar-refractivity contribution >= 4 is 11.8 Å². The lowest BCUT2D eigenvalue weighted by molar-refractivity contribution is -0.143. The lowest BCUT2D eigenvalue weighted by Gasteiger charge is -2.36. The van der Waals surface area contributed by atoms with Crippen molar-refractivity contribution in [3.8, 4) is 11.1 Å². The second-order valence-corrected chi connectivity index (χ2v) is 9.98. The summed E-state index contributed by atoms with van der Waals surface area (Å²) in [6, 6.07) is 16.2. The van der Waals surface area contributed by atoms with Crippen molar-refractivity contribution in [2.45, 2.75) is 55.3 Å². The molecule has 0 bridgehead atoms. The van der Waals surface area contributed by atoms with Crippen molar-refractivity contribution in [1.29, 1.82) is 0 Å². The fraction of sp³-hybridized carbons (Fsp3) is 0.423. The molecule has 1 aromatic heterocycles. The van der Waals surface area contributed by atoms with Gasteiger partial charge in [-0.05, 0) is 41.9 Å². The highest BCUT2D eigenvalue weighted by atomic mass is 32.2. The van der Waals surface area contributed by atoms with Crippen LogP contribution < -0.4 is 5.56 Å². The molecule has 4 rings (SSSR count). The Balaban J connectivity index is 1.69. The first kappa shape index (κ1) is 26.5. The standard InChI is InChI=1S/C26H27F5N2O2S/c1-36-20-9-7-18(8-10-20)22-23(32-33(24(22)34)16-26(29,30)31)21-11-12-25(27,28)13-19(21)15-35-14-17-5-3-2-4-6-17/h2-10,19,21,32H,11-16H2,1H3/t19-,21+/m0/s1. The Bertz CT molecular complexity index is 1210. The number of nitrogens with zero attached hydrogens (tertiary/aromatic N) is 1. The number of aromatic amines is 1. The molecule has 0 unspecified atom stereocenters. The third-order valence-corrected chi connectivity index (χ3v) is 7.21. The van der Waals surface area contributed by atoms with Crippen molar-refractivity contribution < 1.29 is 26.7 Å². The van der Waals surface area contributed by atoms with Crippen molar-refractivity contribution in [3.05, 3.63) is 76.2 Å². The Morgan fingerprint density at radius 2 is 1.81 bits per heavy atom. The van der Waals surface area contributed by atoms with E-state index in [2.05, 4.69) is 5.10 Å². The second kappa shape index (κ2) is 10.8. The van der Waals surface area contributed by atoms with Gasteiger partial charge in [0.05, 0.1) is 18.8 Å². The summed E-state index contributed by atoms with van der Waals surface area (Å²) in [5.74, 6) is -4.18. The van der Waals surface area contributed by atoms with E-state index in [1.54, 1.807) is 24.3 Å². The monoisotopic (exact) mass is 526 g/mol. The first-order valence-electron chi connectivity index (χ1n) is 11.6. The summed E-state index contributed by atoms with van der Waals surface area (Å²) in [6.07, 6.45) is -3.60. The summed E-state index contributed by atoms with van der Waals surface area (Å²) in [5.41, 5.74) is 0.864. The third kappa shape index (κ3) is 6.39. The number of alkyl halides is 5. The molecule has 4 nitrogen and oxygen atoms in total. The largest absolute Gasteiger partial charge is 0.408 e. The highest BCUT2D eigenvalue weighted by Gasteiger charge is 2.44. The van der Waals surface area contributed by atoms with Crippen LogP contribution in [0.3, 0.4) is 0 Å². The van der Waals surface area contributed by atoms with Gasteiger partial charge < -0.3 is 4.74 Å². The smallest absolute Gasteiger partial charge is 0.376 e. The van der Waals surface area contributed by atoms with Gasteiger partial charge in [-0.15, -0.1) is 11.8 Å². The van der Waals surface area contributed by atoms with Gasteiger partial charge in [-0.2, -0.15) is 13.2 Å². The molecule has 1 aliphatic rings. The molecule has 1 aliphatic carbocycles. The number of benzene rings is 2. The minimum absolute atomic E-state index is 0.00746. The first-order valence-corrected chi connectivity index (χ1v) is 12.8. The Kier molecular flexibility index (Phi) is 7.94. The van der Waals surface area contributed by atoms with Crippen LogP contribution >= 0.6 is 11.8 Å². The zero-order chi connectivity index (χ0) is 25.9. The van der Waals surface area contributed by atoms with E-state index in [1.165, 1.54) is 11.8 Å². The summed E-state index contributed by atoms with van der Waals surface area (Å²) in [5, 5.41) is 2.65. The molecule has 0 aliphatic heterocycles. The SMILES string of the molecule is CSc1ccc(-c2c([C@@H]3CCC(F)(F)C[C@H]3COCc3ccccc3)[nH]n(CC(F)(F)F)c2=O)cc1. The average molecular weight is 527 g/mol. The van der Waals surface area contributed by atoms with Gasteiger partial charge in [0.15, 0.2) is 0 Å². The van der Waals surface area contributed by atoms with Gasteiger partial charge in [0, 0.05) is 29.3 Å². The van der Waals surface area contributed by atoms with Crippen LogP contribution in [0.2, 0.25) is 0 Å². The average Bonchev–Trinajstić information content (AvgIpc) is 3.13.